The quantitative estimate of drug-likeness (QED) is 0.231. The van der Waals surface area contributed by atoms with E-state index in [9.17, 15) is 0 Å². The van der Waals surface area contributed by atoms with E-state index in [4.69, 9.17) is 5.53 Å². The summed E-state index contributed by atoms with van der Waals surface area (Å²) >= 11 is 0. The van der Waals surface area contributed by atoms with Crippen molar-refractivity contribution >= 4 is 0 Å². The van der Waals surface area contributed by atoms with Crippen molar-refractivity contribution in [2.45, 2.75) is 32.2 Å². The largest absolute Gasteiger partial charge is 0.0863 e. The van der Waals surface area contributed by atoms with Crippen molar-refractivity contribution in [1.29, 1.82) is 0 Å². The van der Waals surface area contributed by atoms with Gasteiger partial charge in [-0.2, -0.15) is 0 Å². The molecule has 0 bridgehead atoms. The van der Waals surface area contributed by atoms with Gasteiger partial charge in [0.15, 0.2) is 0 Å². The van der Waals surface area contributed by atoms with Gasteiger partial charge in [0, 0.05) is 4.91 Å². The summed E-state index contributed by atoms with van der Waals surface area (Å²) in [7, 11) is 0. The Labute approximate surface area is 60.4 Å². The average Bonchev–Trinajstić information content (AvgIpc) is 1.94. The lowest BCUT2D eigenvalue weighted by Gasteiger charge is -2.15. The van der Waals surface area contributed by atoms with Gasteiger partial charge < -0.3 is 0 Å². The molecule has 0 heterocycles. The van der Waals surface area contributed by atoms with E-state index in [1.165, 1.54) is 5.57 Å². The Hall–Kier alpha value is -0.950. The summed E-state index contributed by atoms with van der Waals surface area (Å²) in [6.07, 6.45) is 5.47. The summed E-state index contributed by atoms with van der Waals surface area (Å²) in [5, 5.41) is 3.68. The smallest absolute Gasteiger partial charge is 0.0582 e. The van der Waals surface area contributed by atoms with E-state index in [2.05, 4.69) is 16.1 Å². The monoisotopic (exact) mass is 137 g/mol. The zero-order valence-corrected chi connectivity index (χ0v) is 6.12. The Bertz CT molecular complexity index is 189. The summed E-state index contributed by atoms with van der Waals surface area (Å²) < 4.78 is 0. The van der Waals surface area contributed by atoms with Gasteiger partial charge in [-0.15, -0.1) is 0 Å². The van der Waals surface area contributed by atoms with Crippen molar-refractivity contribution in [2.75, 3.05) is 0 Å². The molecule has 0 aliphatic heterocycles. The van der Waals surface area contributed by atoms with E-state index in [0.717, 1.165) is 19.3 Å². The first-order valence-corrected chi connectivity index (χ1v) is 3.55. The van der Waals surface area contributed by atoms with Crippen LogP contribution >= 0.6 is 0 Å². The van der Waals surface area contributed by atoms with Gasteiger partial charge in [0.25, 0.3) is 0 Å². The van der Waals surface area contributed by atoms with E-state index in [0.29, 0.717) is 0 Å². The lowest BCUT2D eigenvalue weighted by atomic mass is 9.96. The maximum absolute atomic E-state index is 8.17. The van der Waals surface area contributed by atoms with Crippen LogP contribution in [-0.4, -0.2) is 6.04 Å². The molecular formula is C7H11N3. The van der Waals surface area contributed by atoms with Crippen LogP contribution < -0.4 is 0 Å². The number of hydrogen-bond donors (Lipinski definition) is 0. The average molecular weight is 137 g/mol. The maximum Gasteiger partial charge on any atom is 0.0582 e. The molecule has 0 aromatic carbocycles. The molecule has 10 heavy (non-hydrogen) atoms. The van der Waals surface area contributed by atoms with Crippen LogP contribution in [0.25, 0.3) is 10.4 Å². The fourth-order valence-corrected chi connectivity index (χ4v) is 1.22. The van der Waals surface area contributed by atoms with Crippen molar-refractivity contribution in [3.05, 3.63) is 22.1 Å². The standard InChI is InChI=1S/C7H11N3/c1-6-4-2-3-5-7(6)9-10-8/h4,7H,2-3,5H2,1H3. The van der Waals surface area contributed by atoms with E-state index in [1.807, 2.05) is 6.92 Å². The van der Waals surface area contributed by atoms with Gasteiger partial charge in [-0.25, -0.2) is 0 Å². The third-order valence-electron chi connectivity index (χ3n) is 1.86. The summed E-state index contributed by atoms with van der Waals surface area (Å²) in [6, 6.07) is 0.138. The highest BCUT2D eigenvalue weighted by molar-refractivity contribution is 5.10. The van der Waals surface area contributed by atoms with Crippen molar-refractivity contribution < 1.29 is 0 Å². The summed E-state index contributed by atoms with van der Waals surface area (Å²) in [4.78, 5) is 2.79. The molecule has 1 aliphatic rings. The molecule has 0 saturated heterocycles. The van der Waals surface area contributed by atoms with Gasteiger partial charge in [0.1, 0.15) is 0 Å². The van der Waals surface area contributed by atoms with Crippen LogP contribution in [0.15, 0.2) is 16.8 Å². The van der Waals surface area contributed by atoms with Gasteiger partial charge in [0.2, 0.25) is 0 Å². The fourth-order valence-electron chi connectivity index (χ4n) is 1.22. The van der Waals surface area contributed by atoms with Crippen LogP contribution in [0.2, 0.25) is 0 Å². The minimum atomic E-state index is 0.138. The number of nitrogens with zero attached hydrogens (tertiary/aromatic N) is 3. The van der Waals surface area contributed by atoms with Gasteiger partial charge in [0.05, 0.1) is 6.04 Å². The second-order valence-corrected chi connectivity index (χ2v) is 2.60. The molecule has 3 heteroatoms. The second-order valence-electron chi connectivity index (χ2n) is 2.60. The minimum absolute atomic E-state index is 0.138. The molecule has 0 N–H and O–H groups in total. The topological polar surface area (TPSA) is 48.8 Å². The van der Waals surface area contributed by atoms with E-state index < -0.39 is 0 Å². The van der Waals surface area contributed by atoms with Crippen LogP contribution in [0.4, 0.5) is 0 Å². The molecule has 0 spiro atoms. The molecular weight excluding hydrogens is 126 g/mol. The van der Waals surface area contributed by atoms with Crippen LogP contribution in [0.5, 0.6) is 0 Å². The molecule has 0 fully saturated rings. The number of rotatable bonds is 1. The number of azide groups is 1. The molecule has 1 aliphatic carbocycles. The van der Waals surface area contributed by atoms with Crippen molar-refractivity contribution in [2.24, 2.45) is 5.11 Å². The van der Waals surface area contributed by atoms with Crippen molar-refractivity contribution in [3.8, 4) is 0 Å². The van der Waals surface area contributed by atoms with Crippen LogP contribution in [-0.2, 0) is 0 Å². The lowest BCUT2D eigenvalue weighted by molar-refractivity contribution is 0.612. The first-order chi connectivity index (χ1) is 4.84. The molecule has 3 nitrogen and oxygen atoms in total. The highest BCUT2D eigenvalue weighted by Crippen LogP contribution is 2.20. The van der Waals surface area contributed by atoms with Crippen molar-refractivity contribution in [3.63, 3.8) is 0 Å². The Kier molecular flexibility index (Phi) is 2.35. The predicted octanol–water partition coefficient (Wildman–Crippen LogP) is 2.80. The highest BCUT2D eigenvalue weighted by atomic mass is 15.1. The summed E-state index contributed by atoms with van der Waals surface area (Å²) in [5.41, 5.74) is 9.39. The molecule has 0 amide bonds. The number of allylic oxidation sites excluding steroid dienone is 1. The van der Waals surface area contributed by atoms with Gasteiger partial charge in [-0.3, -0.25) is 0 Å². The zero-order chi connectivity index (χ0) is 7.40. The lowest BCUT2D eigenvalue weighted by Crippen LogP contribution is -2.08. The van der Waals surface area contributed by atoms with Crippen LogP contribution in [0.3, 0.4) is 0 Å². The molecule has 0 saturated carbocycles. The molecule has 1 atom stereocenters. The Morgan fingerprint density at radius 2 is 2.60 bits per heavy atom. The zero-order valence-electron chi connectivity index (χ0n) is 6.12. The van der Waals surface area contributed by atoms with Crippen LogP contribution in [0, 0.1) is 0 Å². The van der Waals surface area contributed by atoms with Gasteiger partial charge in [-0.05, 0) is 31.7 Å². The molecule has 0 radical (unpaired) electrons. The SMILES string of the molecule is CC1=CCCCC1N=[N+]=[N-]. The third kappa shape index (κ3) is 1.52. The third-order valence-corrected chi connectivity index (χ3v) is 1.86. The summed E-state index contributed by atoms with van der Waals surface area (Å²) in [6.45, 7) is 2.03. The first-order valence-electron chi connectivity index (χ1n) is 3.55. The van der Waals surface area contributed by atoms with Gasteiger partial charge in [-0.1, -0.05) is 16.8 Å². The second kappa shape index (κ2) is 3.28. The predicted molar refractivity (Wildman–Crippen MR) is 40.5 cm³/mol. The van der Waals surface area contributed by atoms with Crippen molar-refractivity contribution in [1.82, 2.24) is 0 Å². The number of hydrogen-bond acceptors (Lipinski definition) is 1. The highest BCUT2D eigenvalue weighted by Gasteiger charge is 2.10. The van der Waals surface area contributed by atoms with E-state index in [-0.39, 0.29) is 6.04 Å². The summed E-state index contributed by atoms with van der Waals surface area (Å²) in [5.74, 6) is 0. The van der Waals surface area contributed by atoms with Crippen LogP contribution in [0.1, 0.15) is 26.2 Å². The maximum atomic E-state index is 8.17. The van der Waals surface area contributed by atoms with E-state index in [1.54, 1.807) is 0 Å². The minimum Gasteiger partial charge on any atom is -0.0863 e. The molecule has 1 rings (SSSR count). The Morgan fingerprint density at radius 1 is 1.80 bits per heavy atom. The van der Waals surface area contributed by atoms with E-state index >= 15 is 0 Å². The molecule has 1 unspecified atom stereocenters. The molecule has 0 aromatic rings. The fraction of sp³-hybridized carbons (Fsp3) is 0.714. The molecule has 0 aromatic heterocycles. The normalized spacial score (nSPS) is 24.9. The first kappa shape index (κ1) is 7.16. The van der Waals surface area contributed by atoms with Gasteiger partial charge >= 0.3 is 0 Å². The Balaban J connectivity index is 2.66. The Morgan fingerprint density at radius 3 is 3.20 bits per heavy atom. The molecule has 54 valence electrons.